The molecule has 11 heavy (non-hydrogen) atoms. The van der Waals surface area contributed by atoms with E-state index in [9.17, 15) is 0 Å². The smallest absolute Gasteiger partial charge is 0.222 e. The highest BCUT2D eigenvalue weighted by Gasteiger charge is 1.93. The normalized spacial score (nSPS) is 9.27. The van der Waals surface area contributed by atoms with Crippen molar-refractivity contribution < 1.29 is 4.74 Å². The molecule has 0 fully saturated rings. The average molecular weight is 153 g/mol. The highest BCUT2D eigenvalue weighted by Crippen LogP contribution is 2.06. The van der Waals surface area contributed by atoms with Gasteiger partial charge in [0.15, 0.2) is 5.75 Å². The lowest BCUT2D eigenvalue weighted by Gasteiger charge is -2.00. The van der Waals surface area contributed by atoms with Gasteiger partial charge in [-0.2, -0.15) is 0 Å². The Kier molecular flexibility index (Phi) is 2.66. The van der Waals surface area contributed by atoms with E-state index in [1.807, 2.05) is 6.92 Å². The van der Waals surface area contributed by atoms with Gasteiger partial charge in [-0.25, -0.2) is 9.97 Å². The maximum Gasteiger partial charge on any atom is 0.222 e. The Morgan fingerprint density at radius 2 is 2.09 bits per heavy atom. The minimum absolute atomic E-state index is 0.633. The van der Waals surface area contributed by atoms with E-state index in [-0.39, 0.29) is 0 Å². The van der Waals surface area contributed by atoms with Crippen LogP contribution in [0, 0.1) is 0 Å². The Balaban J connectivity index is 2.66. The van der Waals surface area contributed by atoms with Crippen molar-refractivity contribution in [1.82, 2.24) is 9.97 Å². The minimum Gasteiger partial charge on any atom is -0.494 e. The minimum atomic E-state index is 0.633. The molecule has 0 spiro atoms. The van der Waals surface area contributed by atoms with Gasteiger partial charge in [-0.1, -0.05) is 0 Å². The van der Waals surface area contributed by atoms with E-state index >= 15 is 0 Å². The van der Waals surface area contributed by atoms with Gasteiger partial charge in [-0.3, -0.25) is 0 Å². The van der Waals surface area contributed by atoms with Crippen molar-refractivity contribution in [2.45, 2.75) is 6.92 Å². The second kappa shape index (κ2) is 3.75. The fourth-order valence-corrected chi connectivity index (χ4v) is 0.671. The van der Waals surface area contributed by atoms with E-state index < -0.39 is 0 Å². The number of hydrogen-bond donors (Lipinski definition) is 1. The van der Waals surface area contributed by atoms with Crippen molar-refractivity contribution in [3.05, 3.63) is 12.4 Å². The molecule has 4 heteroatoms. The molecule has 4 nitrogen and oxygen atoms in total. The Morgan fingerprint density at radius 3 is 2.55 bits per heavy atom. The predicted molar refractivity (Wildman–Crippen MR) is 42.7 cm³/mol. The van der Waals surface area contributed by atoms with Crippen LogP contribution in [-0.4, -0.2) is 23.6 Å². The molecule has 0 radical (unpaired) electrons. The number of aromatic nitrogens is 2. The molecular formula is C7H11N3O. The first-order valence-electron chi connectivity index (χ1n) is 3.46. The molecule has 0 saturated heterocycles. The largest absolute Gasteiger partial charge is 0.494 e. The SMILES string of the molecule is CCNc1ncc(OC)cn1. The highest BCUT2D eigenvalue weighted by atomic mass is 16.5. The maximum absolute atomic E-state index is 4.89. The first kappa shape index (κ1) is 7.78. The standard InChI is InChI=1S/C7H11N3O/c1-3-8-7-9-4-6(11-2)5-10-7/h4-5H,3H2,1-2H3,(H,8,9,10). The third-order valence-electron chi connectivity index (χ3n) is 1.20. The quantitative estimate of drug-likeness (QED) is 0.701. The van der Waals surface area contributed by atoms with E-state index in [2.05, 4.69) is 15.3 Å². The first-order chi connectivity index (χ1) is 5.36. The molecule has 1 heterocycles. The van der Waals surface area contributed by atoms with E-state index in [0.717, 1.165) is 6.54 Å². The zero-order chi connectivity index (χ0) is 8.10. The number of methoxy groups -OCH3 is 1. The van der Waals surface area contributed by atoms with Crippen LogP contribution in [0.5, 0.6) is 5.75 Å². The van der Waals surface area contributed by atoms with Crippen LogP contribution in [0.3, 0.4) is 0 Å². The van der Waals surface area contributed by atoms with Crippen molar-refractivity contribution >= 4 is 5.95 Å². The fourth-order valence-electron chi connectivity index (χ4n) is 0.671. The molecule has 0 aliphatic rings. The molecule has 0 aliphatic carbocycles. The van der Waals surface area contributed by atoms with Crippen molar-refractivity contribution in [3.8, 4) is 5.75 Å². The third kappa shape index (κ3) is 2.07. The van der Waals surface area contributed by atoms with Gasteiger partial charge < -0.3 is 10.1 Å². The predicted octanol–water partition coefficient (Wildman–Crippen LogP) is 0.917. The summed E-state index contributed by atoms with van der Waals surface area (Å²) in [4.78, 5) is 7.98. The zero-order valence-electron chi connectivity index (χ0n) is 6.66. The topological polar surface area (TPSA) is 47.0 Å². The van der Waals surface area contributed by atoms with Crippen LogP contribution >= 0.6 is 0 Å². The summed E-state index contributed by atoms with van der Waals surface area (Å²) < 4.78 is 4.89. The Bertz CT molecular complexity index is 209. The molecule has 60 valence electrons. The van der Waals surface area contributed by atoms with E-state index in [1.165, 1.54) is 0 Å². The lowest BCUT2D eigenvalue weighted by atomic mass is 10.6. The molecule has 1 aromatic heterocycles. The summed E-state index contributed by atoms with van der Waals surface area (Å²) in [5.74, 6) is 1.31. The number of nitrogens with zero attached hydrogens (tertiary/aromatic N) is 2. The van der Waals surface area contributed by atoms with Gasteiger partial charge in [0.25, 0.3) is 0 Å². The monoisotopic (exact) mass is 153 g/mol. The van der Waals surface area contributed by atoms with Crippen LogP contribution in [0.15, 0.2) is 12.4 Å². The number of ether oxygens (including phenoxy) is 1. The molecule has 0 atom stereocenters. The van der Waals surface area contributed by atoms with E-state index in [1.54, 1.807) is 19.5 Å². The molecule has 0 aliphatic heterocycles. The van der Waals surface area contributed by atoms with Crippen LogP contribution < -0.4 is 10.1 Å². The number of anilines is 1. The van der Waals surface area contributed by atoms with Gasteiger partial charge in [0.1, 0.15) is 0 Å². The summed E-state index contributed by atoms with van der Waals surface area (Å²) in [5.41, 5.74) is 0. The molecule has 1 rings (SSSR count). The number of nitrogens with one attached hydrogen (secondary N) is 1. The third-order valence-corrected chi connectivity index (χ3v) is 1.20. The summed E-state index contributed by atoms with van der Waals surface area (Å²) >= 11 is 0. The van der Waals surface area contributed by atoms with Crippen molar-refractivity contribution in [1.29, 1.82) is 0 Å². The van der Waals surface area contributed by atoms with Gasteiger partial charge in [0, 0.05) is 6.54 Å². The summed E-state index contributed by atoms with van der Waals surface area (Å²) in [7, 11) is 1.59. The molecule has 0 amide bonds. The van der Waals surface area contributed by atoms with Gasteiger partial charge in [-0.15, -0.1) is 0 Å². The molecule has 1 aromatic rings. The Labute approximate surface area is 65.6 Å². The van der Waals surface area contributed by atoms with E-state index in [4.69, 9.17) is 4.74 Å². The second-order valence-corrected chi connectivity index (χ2v) is 1.98. The molecule has 0 bridgehead atoms. The van der Waals surface area contributed by atoms with Crippen molar-refractivity contribution in [3.63, 3.8) is 0 Å². The first-order valence-corrected chi connectivity index (χ1v) is 3.46. The lowest BCUT2D eigenvalue weighted by Crippen LogP contribution is -2.01. The summed E-state index contributed by atoms with van der Waals surface area (Å²) in [6.45, 7) is 2.82. The molecule has 0 saturated carbocycles. The maximum atomic E-state index is 4.89. The lowest BCUT2D eigenvalue weighted by molar-refractivity contribution is 0.411. The van der Waals surface area contributed by atoms with E-state index in [0.29, 0.717) is 11.7 Å². The number of rotatable bonds is 3. The van der Waals surface area contributed by atoms with Crippen LogP contribution in [0.1, 0.15) is 6.92 Å². The molecule has 0 unspecified atom stereocenters. The van der Waals surface area contributed by atoms with Gasteiger partial charge in [-0.05, 0) is 6.92 Å². The fraction of sp³-hybridized carbons (Fsp3) is 0.429. The van der Waals surface area contributed by atoms with Crippen molar-refractivity contribution in [2.75, 3.05) is 19.0 Å². The second-order valence-electron chi connectivity index (χ2n) is 1.98. The molecular weight excluding hydrogens is 142 g/mol. The number of hydrogen-bond acceptors (Lipinski definition) is 4. The van der Waals surface area contributed by atoms with Gasteiger partial charge in [0.05, 0.1) is 19.5 Å². The van der Waals surface area contributed by atoms with Crippen LogP contribution in [0.2, 0.25) is 0 Å². The van der Waals surface area contributed by atoms with Gasteiger partial charge >= 0.3 is 0 Å². The summed E-state index contributed by atoms with van der Waals surface area (Å²) in [5, 5.41) is 2.98. The Hall–Kier alpha value is -1.32. The van der Waals surface area contributed by atoms with Gasteiger partial charge in [0.2, 0.25) is 5.95 Å². The molecule has 0 aromatic carbocycles. The summed E-state index contributed by atoms with van der Waals surface area (Å²) in [6.07, 6.45) is 3.26. The van der Waals surface area contributed by atoms with Crippen LogP contribution in [0.25, 0.3) is 0 Å². The zero-order valence-corrected chi connectivity index (χ0v) is 6.66. The highest BCUT2D eigenvalue weighted by molar-refractivity contribution is 5.26. The van der Waals surface area contributed by atoms with Crippen LogP contribution in [0.4, 0.5) is 5.95 Å². The average Bonchev–Trinajstić information content (AvgIpc) is 2.07. The summed E-state index contributed by atoms with van der Waals surface area (Å²) in [6, 6.07) is 0. The van der Waals surface area contributed by atoms with Crippen molar-refractivity contribution in [2.24, 2.45) is 0 Å². The molecule has 1 N–H and O–H groups in total. The Morgan fingerprint density at radius 1 is 1.45 bits per heavy atom. The van der Waals surface area contributed by atoms with Crippen LogP contribution in [-0.2, 0) is 0 Å².